The van der Waals surface area contributed by atoms with Gasteiger partial charge < -0.3 is 4.74 Å². The maximum absolute atomic E-state index is 11.8. The molecule has 1 aromatic heterocycles. The molecule has 0 bridgehead atoms. The monoisotopic (exact) mass is 292 g/mol. The molecule has 0 radical (unpaired) electrons. The first kappa shape index (κ1) is 14.1. The number of benzene rings is 2. The number of esters is 1. The van der Waals surface area contributed by atoms with E-state index >= 15 is 0 Å². The van der Waals surface area contributed by atoms with Crippen molar-refractivity contribution < 1.29 is 9.53 Å². The zero-order chi connectivity index (χ0) is 15.5. The van der Waals surface area contributed by atoms with Crippen LogP contribution in [-0.2, 0) is 4.74 Å². The van der Waals surface area contributed by atoms with Crippen LogP contribution in [0.2, 0.25) is 0 Å². The molecule has 3 rings (SSSR count). The van der Waals surface area contributed by atoms with E-state index in [9.17, 15) is 4.79 Å². The van der Waals surface area contributed by atoms with Crippen molar-refractivity contribution in [2.75, 3.05) is 7.11 Å². The maximum atomic E-state index is 11.8. The molecule has 3 aromatic rings. The number of methoxy groups -OCH3 is 1. The number of carbonyl (C=O) groups is 1. The molecule has 0 unspecified atom stereocenters. The van der Waals surface area contributed by atoms with E-state index in [1.54, 1.807) is 10.7 Å². The van der Waals surface area contributed by atoms with Crippen molar-refractivity contribution in [3.05, 3.63) is 71.9 Å². The summed E-state index contributed by atoms with van der Waals surface area (Å²) in [7, 11) is 1.36. The van der Waals surface area contributed by atoms with Crippen LogP contribution in [0.15, 0.2) is 60.7 Å². The minimum absolute atomic E-state index is 0.294. The van der Waals surface area contributed by atoms with Crippen LogP contribution in [-0.4, -0.2) is 22.9 Å². The molecule has 0 atom stereocenters. The molecule has 0 spiro atoms. The molecule has 22 heavy (non-hydrogen) atoms. The number of nitrogens with zero attached hydrogens (tertiary/aromatic N) is 2. The topological polar surface area (TPSA) is 44.1 Å². The van der Waals surface area contributed by atoms with Gasteiger partial charge in [-0.2, -0.15) is 5.10 Å². The van der Waals surface area contributed by atoms with Gasteiger partial charge in [-0.3, -0.25) is 0 Å². The molecule has 0 N–H and O–H groups in total. The van der Waals surface area contributed by atoms with Crippen LogP contribution >= 0.6 is 0 Å². The maximum Gasteiger partial charge on any atom is 0.358 e. The van der Waals surface area contributed by atoms with Gasteiger partial charge in [0.05, 0.1) is 18.5 Å². The lowest BCUT2D eigenvalue weighted by Crippen LogP contribution is -2.04. The second kappa shape index (κ2) is 5.85. The van der Waals surface area contributed by atoms with E-state index in [1.807, 2.05) is 61.5 Å². The summed E-state index contributed by atoms with van der Waals surface area (Å²) in [6.07, 6.45) is 0. The van der Waals surface area contributed by atoms with Crippen molar-refractivity contribution in [3.63, 3.8) is 0 Å². The third-order valence-corrected chi connectivity index (χ3v) is 3.42. The van der Waals surface area contributed by atoms with Crippen molar-refractivity contribution in [1.82, 2.24) is 9.78 Å². The quantitative estimate of drug-likeness (QED) is 0.692. The van der Waals surface area contributed by atoms with Gasteiger partial charge >= 0.3 is 5.97 Å². The fourth-order valence-corrected chi connectivity index (χ4v) is 2.36. The summed E-state index contributed by atoms with van der Waals surface area (Å²) < 4.78 is 6.56. The summed E-state index contributed by atoms with van der Waals surface area (Å²) in [5.41, 5.74) is 4.18. The Balaban J connectivity index is 2.19. The SMILES string of the molecule is COC(=O)c1cc(-c2ccccc2)n(-c2cccc(C)c2)n1. The van der Waals surface area contributed by atoms with Crippen LogP contribution in [0.25, 0.3) is 16.9 Å². The summed E-state index contributed by atoms with van der Waals surface area (Å²) in [5.74, 6) is -0.441. The minimum atomic E-state index is -0.441. The van der Waals surface area contributed by atoms with Crippen LogP contribution in [0.4, 0.5) is 0 Å². The van der Waals surface area contributed by atoms with E-state index in [2.05, 4.69) is 5.10 Å². The van der Waals surface area contributed by atoms with Gasteiger partial charge in [0.25, 0.3) is 0 Å². The van der Waals surface area contributed by atoms with Crippen LogP contribution in [0.5, 0.6) is 0 Å². The van der Waals surface area contributed by atoms with Gasteiger partial charge in [-0.15, -0.1) is 0 Å². The highest BCUT2D eigenvalue weighted by Gasteiger charge is 2.16. The fraction of sp³-hybridized carbons (Fsp3) is 0.111. The molecule has 110 valence electrons. The number of hydrogen-bond acceptors (Lipinski definition) is 3. The minimum Gasteiger partial charge on any atom is -0.464 e. The van der Waals surface area contributed by atoms with Crippen molar-refractivity contribution >= 4 is 5.97 Å². The van der Waals surface area contributed by atoms with Gasteiger partial charge in [0.15, 0.2) is 5.69 Å². The molecular formula is C18H16N2O2. The molecule has 4 nitrogen and oxygen atoms in total. The molecular weight excluding hydrogens is 276 g/mol. The molecule has 0 amide bonds. The Hall–Kier alpha value is -2.88. The van der Waals surface area contributed by atoms with Gasteiger partial charge in [0, 0.05) is 5.56 Å². The molecule has 0 saturated heterocycles. The smallest absolute Gasteiger partial charge is 0.358 e. The van der Waals surface area contributed by atoms with Crippen LogP contribution < -0.4 is 0 Å². The first-order chi connectivity index (χ1) is 10.7. The lowest BCUT2D eigenvalue weighted by molar-refractivity contribution is 0.0593. The molecule has 4 heteroatoms. The third kappa shape index (κ3) is 2.63. The van der Waals surface area contributed by atoms with Crippen LogP contribution in [0, 0.1) is 6.92 Å². The molecule has 0 saturated carbocycles. The highest BCUT2D eigenvalue weighted by Crippen LogP contribution is 2.24. The highest BCUT2D eigenvalue weighted by atomic mass is 16.5. The molecule has 0 aliphatic carbocycles. The second-order valence-corrected chi connectivity index (χ2v) is 5.02. The zero-order valence-electron chi connectivity index (χ0n) is 12.5. The predicted octanol–water partition coefficient (Wildman–Crippen LogP) is 3.63. The average molecular weight is 292 g/mol. The molecule has 1 heterocycles. The Morgan fingerprint density at radius 2 is 1.82 bits per heavy atom. The standard InChI is InChI=1S/C18H16N2O2/c1-13-7-6-10-15(11-13)20-17(14-8-4-3-5-9-14)12-16(19-20)18(21)22-2/h3-12H,1-2H3. The van der Waals surface area contributed by atoms with E-state index in [0.717, 1.165) is 22.5 Å². The fourth-order valence-electron chi connectivity index (χ4n) is 2.36. The summed E-state index contributed by atoms with van der Waals surface area (Å²) in [5, 5.41) is 4.41. The van der Waals surface area contributed by atoms with Gasteiger partial charge in [0.2, 0.25) is 0 Å². The lowest BCUT2D eigenvalue weighted by Gasteiger charge is -2.08. The number of ether oxygens (including phenoxy) is 1. The summed E-state index contributed by atoms with van der Waals surface area (Å²) in [6, 6.07) is 19.6. The Labute approximate surface area is 129 Å². The zero-order valence-corrected chi connectivity index (χ0v) is 12.5. The van der Waals surface area contributed by atoms with Crippen molar-refractivity contribution in [2.45, 2.75) is 6.92 Å². The highest BCUT2D eigenvalue weighted by molar-refractivity contribution is 5.88. The Morgan fingerprint density at radius 1 is 1.05 bits per heavy atom. The van der Waals surface area contributed by atoms with E-state index in [-0.39, 0.29) is 0 Å². The molecule has 2 aromatic carbocycles. The summed E-state index contributed by atoms with van der Waals surface area (Å²) in [4.78, 5) is 11.8. The normalized spacial score (nSPS) is 10.5. The average Bonchev–Trinajstić information content (AvgIpc) is 3.00. The van der Waals surface area contributed by atoms with Gasteiger partial charge in [-0.05, 0) is 30.7 Å². The molecule has 0 fully saturated rings. The van der Waals surface area contributed by atoms with Crippen LogP contribution in [0.3, 0.4) is 0 Å². The van der Waals surface area contributed by atoms with E-state index < -0.39 is 5.97 Å². The first-order valence-electron chi connectivity index (χ1n) is 7.00. The largest absolute Gasteiger partial charge is 0.464 e. The Kier molecular flexibility index (Phi) is 3.74. The van der Waals surface area contributed by atoms with Crippen molar-refractivity contribution in [2.24, 2.45) is 0 Å². The Morgan fingerprint density at radius 3 is 2.50 bits per heavy atom. The second-order valence-electron chi connectivity index (χ2n) is 5.02. The lowest BCUT2D eigenvalue weighted by atomic mass is 10.1. The van der Waals surface area contributed by atoms with Crippen molar-refractivity contribution in [1.29, 1.82) is 0 Å². The predicted molar refractivity (Wildman–Crippen MR) is 85.1 cm³/mol. The molecule has 0 aliphatic heterocycles. The number of aryl methyl sites for hydroxylation is 1. The summed E-state index contributed by atoms with van der Waals surface area (Å²) in [6.45, 7) is 2.02. The van der Waals surface area contributed by atoms with Crippen molar-refractivity contribution in [3.8, 4) is 16.9 Å². The van der Waals surface area contributed by atoms with Gasteiger partial charge in [-0.25, -0.2) is 9.48 Å². The number of aromatic nitrogens is 2. The van der Waals surface area contributed by atoms with E-state index in [1.165, 1.54) is 7.11 Å². The summed E-state index contributed by atoms with van der Waals surface area (Å²) >= 11 is 0. The third-order valence-electron chi connectivity index (χ3n) is 3.42. The van der Waals surface area contributed by atoms with E-state index in [0.29, 0.717) is 5.69 Å². The Bertz CT molecular complexity index is 807. The van der Waals surface area contributed by atoms with Gasteiger partial charge in [-0.1, -0.05) is 42.5 Å². The number of rotatable bonds is 3. The molecule has 0 aliphatic rings. The van der Waals surface area contributed by atoms with Gasteiger partial charge in [0.1, 0.15) is 0 Å². The number of hydrogen-bond donors (Lipinski definition) is 0. The first-order valence-corrected chi connectivity index (χ1v) is 7.00. The number of carbonyl (C=O) groups excluding carboxylic acids is 1. The van der Waals surface area contributed by atoms with E-state index in [4.69, 9.17) is 4.74 Å². The van der Waals surface area contributed by atoms with Crippen LogP contribution in [0.1, 0.15) is 16.1 Å².